The second kappa shape index (κ2) is 7.60. The Labute approximate surface area is 99.6 Å². The van der Waals surface area contributed by atoms with Gasteiger partial charge in [0.1, 0.15) is 0 Å². The van der Waals surface area contributed by atoms with Crippen LogP contribution in [-0.2, 0) is 14.3 Å². The number of halogens is 2. The zero-order valence-electron chi connectivity index (χ0n) is 8.54. The van der Waals surface area contributed by atoms with E-state index in [-0.39, 0.29) is 6.61 Å². The summed E-state index contributed by atoms with van der Waals surface area (Å²) in [4.78, 5) is 10.8. The van der Waals surface area contributed by atoms with Crippen molar-refractivity contribution in [3.05, 3.63) is 25.0 Å². The van der Waals surface area contributed by atoms with Crippen LogP contribution in [0.25, 0.3) is 0 Å². The van der Waals surface area contributed by atoms with E-state index in [0.29, 0.717) is 0 Å². The molecule has 0 rings (SSSR count). The number of esters is 1. The van der Waals surface area contributed by atoms with Crippen LogP contribution in [0.5, 0.6) is 0 Å². The highest BCUT2D eigenvalue weighted by Crippen LogP contribution is 2.23. The SMILES string of the molecule is C=CC(=O)OC(Cl)(Cl)CO/C=C/CCC. The normalized spacial score (nSPS) is 11.4. The zero-order valence-corrected chi connectivity index (χ0v) is 10.1. The van der Waals surface area contributed by atoms with Crippen molar-refractivity contribution in [1.29, 1.82) is 0 Å². The summed E-state index contributed by atoms with van der Waals surface area (Å²) in [5.41, 5.74) is 0. The van der Waals surface area contributed by atoms with Gasteiger partial charge in [0.15, 0.2) is 6.61 Å². The molecule has 0 unspecified atom stereocenters. The first kappa shape index (κ1) is 14.3. The van der Waals surface area contributed by atoms with Gasteiger partial charge in [-0.05, 0) is 12.5 Å². The number of ether oxygens (including phenoxy) is 2. The van der Waals surface area contributed by atoms with Gasteiger partial charge in [0, 0.05) is 6.08 Å². The van der Waals surface area contributed by atoms with Gasteiger partial charge >= 0.3 is 5.97 Å². The Morgan fingerprint density at radius 1 is 1.53 bits per heavy atom. The summed E-state index contributed by atoms with van der Waals surface area (Å²) >= 11 is 11.3. The van der Waals surface area contributed by atoms with Gasteiger partial charge < -0.3 is 9.47 Å². The topological polar surface area (TPSA) is 35.5 Å². The number of carbonyl (C=O) groups is 1. The number of rotatable bonds is 7. The first-order valence-electron chi connectivity index (χ1n) is 4.51. The molecule has 0 aromatic heterocycles. The third kappa shape index (κ3) is 8.33. The van der Waals surface area contributed by atoms with Crippen LogP contribution in [0, 0.1) is 0 Å². The third-order valence-electron chi connectivity index (χ3n) is 1.32. The molecule has 0 aromatic rings. The van der Waals surface area contributed by atoms with Gasteiger partial charge in [0.05, 0.1) is 6.26 Å². The predicted molar refractivity (Wildman–Crippen MR) is 60.7 cm³/mol. The minimum Gasteiger partial charge on any atom is -0.495 e. The molecule has 0 amide bonds. The summed E-state index contributed by atoms with van der Waals surface area (Å²) in [6, 6.07) is 0. The molecule has 0 heterocycles. The molecule has 0 aliphatic carbocycles. The molecule has 0 fully saturated rings. The Kier molecular flexibility index (Phi) is 7.26. The van der Waals surface area contributed by atoms with Crippen LogP contribution in [-0.4, -0.2) is 17.1 Å². The fourth-order valence-electron chi connectivity index (χ4n) is 0.666. The Balaban J connectivity index is 3.82. The molecule has 86 valence electrons. The molecule has 0 N–H and O–H groups in total. The molecule has 0 aromatic carbocycles. The first-order valence-corrected chi connectivity index (χ1v) is 5.27. The van der Waals surface area contributed by atoms with Gasteiger partial charge in [0.2, 0.25) is 0 Å². The Morgan fingerprint density at radius 3 is 2.73 bits per heavy atom. The van der Waals surface area contributed by atoms with Crippen molar-refractivity contribution in [2.75, 3.05) is 6.61 Å². The quantitative estimate of drug-likeness (QED) is 0.302. The van der Waals surface area contributed by atoms with Crippen molar-refractivity contribution in [2.24, 2.45) is 0 Å². The van der Waals surface area contributed by atoms with Crippen molar-refractivity contribution in [3.63, 3.8) is 0 Å². The van der Waals surface area contributed by atoms with E-state index in [0.717, 1.165) is 18.9 Å². The smallest absolute Gasteiger partial charge is 0.332 e. The first-order chi connectivity index (χ1) is 7.02. The average Bonchev–Trinajstić information content (AvgIpc) is 2.16. The minimum absolute atomic E-state index is 0.129. The lowest BCUT2D eigenvalue weighted by Crippen LogP contribution is -2.26. The maximum atomic E-state index is 10.8. The van der Waals surface area contributed by atoms with Crippen LogP contribution in [0.2, 0.25) is 0 Å². The fraction of sp³-hybridized carbons (Fsp3) is 0.500. The van der Waals surface area contributed by atoms with Gasteiger partial charge in [-0.25, -0.2) is 4.79 Å². The number of allylic oxidation sites excluding steroid dienone is 1. The second-order valence-corrected chi connectivity index (χ2v) is 4.15. The van der Waals surface area contributed by atoms with E-state index in [1.54, 1.807) is 0 Å². The highest BCUT2D eigenvalue weighted by molar-refractivity contribution is 6.47. The molecular weight excluding hydrogens is 239 g/mol. The van der Waals surface area contributed by atoms with Crippen molar-refractivity contribution in [2.45, 2.75) is 24.3 Å². The van der Waals surface area contributed by atoms with Crippen LogP contribution in [0.3, 0.4) is 0 Å². The van der Waals surface area contributed by atoms with E-state index >= 15 is 0 Å². The van der Waals surface area contributed by atoms with E-state index in [1.165, 1.54) is 6.26 Å². The molecule has 0 saturated carbocycles. The predicted octanol–water partition coefficient (Wildman–Crippen LogP) is 3.18. The highest BCUT2D eigenvalue weighted by atomic mass is 35.5. The number of unbranched alkanes of at least 4 members (excludes halogenated alkanes) is 1. The molecule has 15 heavy (non-hydrogen) atoms. The average molecular weight is 253 g/mol. The molecule has 0 atom stereocenters. The van der Waals surface area contributed by atoms with E-state index in [9.17, 15) is 4.79 Å². The van der Waals surface area contributed by atoms with Crippen LogP contribution in [0.1, 0.15) is 19.8 Å². The van der Waals surface area contributed by atoms with E-state index in [2.05, 4.69) is 11.3 Å². The Morgan fingerprint density at radius 2 is 2.20 bits per heavy atom. The second-order valence-electron chi connectivity index (χ2n) is 2.73. The van der Waals surface area contributed by atoms with Gasteiger partial charge in [-0.3, -0.25) is 0 Å². The molecular formula is C10H14Cl2O3. The van der Waals surface area contributed by atoms with Crippen molar-refractivity contribution < 1.29 is 14.3 Å². The van der Waals surface area contributed by atoms with Crippen molar-refractivity contribution >= 4 is 29.2 Å². The largest absolute Gasteiger partial charge is 0.495 e. The monoisotopic (exact) mass is 252 g/mol. The van der Waals surface area contributed by atoms with Gasteiger partial charge in [-0.2, -0.15) is 0 Å². The van der Waals surface area contributed by atoms with Gasteiger partial charge in [-0.1, -0.05) is 43.1 Å². The minimum atomic E-state index is -1.68. The summed E-state index contributed by atoms with van der Waals surface area (Å²) in [5, 5.41) is 0. The maximum Gasteiger partial charge on any atom is 0.332 e. The lowest BCUT2D eigenvalue weighted by Gasteiger charge is -2.17. The van der Waals surface area contributed by atoms with Crippen LogP contribution in [0.15, 0.2) is 25.0 Å². The lowest BCUT2D eigenvalue weighted by atomic mass is 10.3. The molecule has 0 aliphatic rings. The van der Waals surface area contributed by atoms with Gasteiger partial charge in [-0.15, -0.1) is 0 Å². The number of carbonyl (C=O) groups excluding carboxylic acids is 1. The van der Waals surface area contributed by atoms with Crippen LogP contribution in [0.4, 0.5) is 0 Å². The number of hydrogen-bond acceptors (Lipinski definition) is 3. The molecule has 0 radical (unpaired) electrons. The Hall–Kier alpha value is -0.670. The maximum absolute atomic E-state index is 10.8. The number of alkyl halides is 2. The van der Waals surface area contributed by atoms with Crippen LogP contribution < -0.4 is 0 Å². The summed E-state index contributed by atoms with van der Waals surface area (Å²) in [5.74, 6) is -0.693. The van der Waals surface area contributed by atoms with E-state index < -0.39 is 10.5 Å². The molecule has 0 aliphatic heterocycles. The summed E-state index contributed by atoms with van der Waals surface area (Å²) in [6.07, 6.45) is 6.22. The van der Waals surface area contributed by atoms with E-state index in [4.69, 9.17) is 27.9 Å². The van der Waals surface area contributed by atoms with Crippen LogP contribution >= 0.6 is 23.2 Å². The third-order valence-corrected chi connectivity index (χ3v) is 1.69. The molecule has 0 bridgehead atoms. The Bertz CT molecular complexity index is 237. The lowest BCUT2D eigenvalue weighted by molar-refractivity contribution is -0.143. The summed E-state index contributed by atoms with van der Waals surface area (Å²) < 4.78 is 7.92. The fourth-order valence-corrected chi connectivity index (χ4v) is 0.944. The van der Waals surface area contributed by atoms with Gasteiger partial charge in [0.25, 0.3) is 4.52 Å². The zero-order chi connectivity index (χ0) is 11.7. The number of hydrogen-bond donors (Lipinski definition) is 0. The molecule has 5 heteroatoms. The molecule has 0 spiro atoms. The summed E-state index contributed by atoms with van der Waals surface area (Å²) in [7, 11) is 0. The highest BCUT2D eigenvalue weighted by Gasteiger charge is 2.28. The van der Waals surface area contributed by atoms with Crippen molar-refractivity contribution in [1.82, 2.24) is 0 Å². The standard InChI is InChI=1S/C10H14Cl2O3/c1-3-5-6-7-14-8-10(11,12)15-9(13)4-2/h4,6-7H,2-3,5,8H2,1H3/b7-6+. The van der Waals surface area contributed by atoms with Crippen molar-refractivity contribution in [3.8, 4) is 0 Å². The molecule has 3 nitrogen and oxygen atoms in total. The van der Waals surface area contributed by atoms with E-state index in [1.807, 2.05) is 13.0 Å². The molecule has 0 saturated heterocycles. The summed E-state index contributed by atoms with van der Waals surface area (Å²) in [6.45, 7) is 5.14.